The van der Waals surface area contributed by atoms with E-state index in [4.69, 9.17) is 6.42 Å². The predicted molar refractivity (Wildman–Crippen MR) is 74.3 cm³/mol. The van der Waals surface area contributed by atoms with E-state index in [2.05, 4.69) is 16.6 Å². The average Bonchev–Trinajstić information content (AvgIpc) is 2.39. The first-order chi connectivity index (χ1) is 8.79. The zero-order valence-electron chi connectivity index (χ0n) is 9.94. The van der Waals surface area contributed by atoms with Gasteiger partial charge in [0.05, 0.1) is 13.1 Å². The fourth-order valence-electron chi connectivity index (χ4n) is 1.72. The maximum Gasteiger partial charge on any atom is 0.238 e. The SMILES string of the molecule is C#CCNCC(=O)Nc1ccc2ccccc2c1. The highest BCUT2D eigenvalue weighted by Crippen LogP contribution is 2.18. The first kappa shape index (κ1) is 12.2. The molecule has 0 saturated heterocycles. The fourth-order valence-corrected chi connectivity index (χ4v) is 1.72. The lowest BCUT2D eigenvalue weighted by molar-refractivity contribution is -0.115. The van der Waals surface area contributed by atoms with Gasteiger partial charge >= 0.3 is 0 Å². The van der Waals surface area contributed by atoms with Crippen LogP contribution in [0, 0.1) is 12.3 Å². The Bertz CT molecular complexity index is 599. The molecule has 0 aliphatic carbocycles. The molecular weight excluding hydrogens is 224 g/mol. The lowest BCUT2D eigenvalue weighted by atomic mass is 10.1. The van der Waals surface area contributed by atoms with Gasteiger partial charge in [-0.3, -0.25) is 10.1 Å². The summed E-state index contributed by atoms with van der Waals surface area (Å²) in [5.74, 6) is 2.32. The van der Waals surface area contributed by atoms with Gasteiger partial charge in [0.25, 0.3) is 0 Å². The van der Waals surface area contributed by atoms with Crippen LogP contribution < -0.4 is 10.6 Å². The number of nitrogens with one attached hydrogen (secondary N) is 2. The van der Waals surface area contributed by atoms with Crippen molar-refractivity contribution < 1.29 is 4.79 Å². The van der Waals surface area contributed by atoms with Gasteiger partial charge in [-0.1, -0.05) is 36.3 Å². The first-order valence-corrected chi connectivity index (χ1v) is 5.72. The molecule has 1 amide bonds. The Labute approximate surface area is 106 Å². The molecule has 2 aromatic carbocycles. The standard InChI is InChI=1S/C15H14N2O/c1-2-9-16-11-15(18)17-14-8-7-12-5-3-4-6-13(12)10-14/h1,3-8,10,16H,9,11H2,(H,17,18). The van der Waals surface area contributed by atoms with Crippen LogP contribution in [0.4, 0.5) is 5.69 Å². The molecule has 3 heteroatoms. The van der Waals surface area contributed by atoms with E-state index in [1.165, 1.54) is 0 Å². The van der Waals surface area contributed by atoms with Gasteiger partial charge in [-0.2, -0.15) is 0 Å². The Balaban J connectivity index is 2.03. The minimum Gasteiger partial charge on any atom is -0.325 e. The fraction of sp³-hybridized carbons (Fsp3) is 0.133. The summed E-state index contributed by atoms with van der Waals surface area (Å²) in [5.41, 5.74) is 0.793. The number of hydrogen-bond donors (Lipinski definition) is 2. The molecule has 2 N–H and O–H groups in total. The van der Waals surface area contributed by atoms with Crippen molar-refractivity contribution in [1.29, 1.82) is 0 Å². The summed E-state index contributed by atoms with van der Waals surface area (Å²) in [4.78, 5) is 11.6. The molecule has 0 saturated carbocycles. The van der Waals surface area contributed by atoms with Crippen LogP contribution in [0.25, 0.3) is 10.8 Å². The van der Waals surface area contributed by atoms with Crippen LogP contribution in [0.2, 0.25) is 0 Å². The lowest BCUT2D eigenvalue weighted by Crippen LogP contribution is -2.28. The summed E-state index contributed by atoms with van der Waals surface area (Å²) in [6.45, 7) is 0.613. The minimum absolute atomic E-state index is 0.0967. The van der Waals surface area contributed by atoms with Gasteiger partial charge in [-0.05, 0) is 22.9 Å². The normalized spacial score (nSPS) is 9.94. The number of anilines is 1. The summed E-state index contributed by atoms with van der Waals surface area (Å²) in [6.07, 6.45) is 5.09. The number of carbonyl (C=O) groups is 1. The molecule has 3 nitrogen and oxygen atoms in total. The first-order valence-electron chi connectivity index (χ1n) is 5.72. The number of fused-ring (bicyclic) bond motifs is 1. The van der Waals surface area contributed by atoms with Crippen LogP contribution in [0.1, 0.15) is 0 Å². The molecule has 0 aliphatic heterocycles. The van der Waals surface area contributed by atoms with Gasteiger partial charge in [-0.25, -0.2) is 0 Å². The summed E-state index contributed by atoms with van der Waals surface area (Å²) < 4.78 is 0. The van der Waals surface area contributed by atoms with Crippen molar-refractivity contribution in [2.75, 3.05) is 18.4 Å². The molecule has 2 aromatic rings. The van der Waals surface area contributed by atoms with Gasteiger partial charge in [0.2, 0.25) is 5.91 Å². The maximum atomic E-state index is 11.6. The van der Waals surface area contributed by atoms with Crippen molar-refractivity contribution in [3.8, 4) is 12.3 Å². The van der Waals surface area contributed by atoms with Crippen LogP contribution in [-0.2, 0) is 4.79 Å². The van der Waals surface area contributed by atoms with E-state index < -0.39 is 0 Å². The molecule has 0 atom stereocenters. The molecule has 90 valence electrons. The van der Waals surface area contributed by atoms with E-state index >= 15 is 0 Å². The van der Waals surface area contributed by atoms with E-state index in [9.17, 15) is 4.79 Å². The molecule has 0 heterocycles. The predicted octanol–water partition coefficient (Wildman–Crippen LogP) is 2.00. The van der Waals surface area contributed by atoms with Crippen LogP contribution in [0.15, 0.2) is 42.5 Å². The molecule has 0 aromatic heterocycles. The third-order valence-corrected chi connectivity index (χ3v) is 2.55. The van der Waals surface area contributed by atoms with Gasteiger partial charge < -0.3 is 5.32 Å². The Morgan fingerprint density at radius 2 is 1.94 bits per heavy atom. The molecule has 0 unspecified atom stereocenters. The van der Waals surface area contributed by atoms with Gasteiger partial charge in [0, 0.05) is 5.69 Å². The zero-order chi connectivity index (χ0) is 12.8. The molecule has 0 fully saturated rings. The Morgan fingerprint density at radius 1 is 1.17 bits per heavy atom. The highest BCUT2D eigenvalue weighted by molar-refractivity contribution is 5.95. The monoisotopic (exact) mass is 238 g/mol. The second-order valence-corrected chi connectivity index (χ2v) is 3.92. The van der Waals surface area contributed by atoms with Crippen molar-refractivity contribution >= 4 is 22.4 Å². The highest BCUT2D eigenvalue weighted by Gasteiger charge is 2.01. The zero-order valence-corrected chi connectivity index (χ0v) is 9.94. The van der Waals surface area contributed by atoms with E-state index in [1.54, 1.807) is 0 Å². The van der Waals surface area contributed by atoms with Gasteiger partial charge in [0.1, 0.15) is 0 Å². The summed E-state index contributed by atoms with van der Waals surface area (Å²) in [7, 11) is 0. The summed E-state index contributed by atoms with van der Waals surface area (Å²) in [5, 5.41) is 7.92. The van der Waals surface area contributed by atoms with Crippen LogP contribution in [0.3, 0.4) is 0 Å². The Morgan fingerprint density at radius 3 is 2.72 bits per heavy atom. The number of hydrogen-bond acceptors (Lipinski definition) is 2. The Hall–Kier alpha value is -2.31. The van der Waals surface area contributed by atoms with E-state index in [0.717, 1.165) is 16.5 Å². The highest BCUT2D eigenvalue weighted by atomic mass is 16.1. The van der Waals surface area contributed by atoms with Gasteiger partial charge in [-0.15, -0.1) is 6.42 Å². The van der Waals surface area contributed by atoms with E-state index in [0.29, 0.717) is 6.54 Å². The third kappa shape index (κ3) is 3.09. The lowest BCUT2D eigenvalue weighted by Gasteiger charge is -2.06. The molecule has 0 bridgehead atoms. The second kappa shape index (κ2) is 5.85. The number of carbonyl (C=O) groups excluding carboxylic acids is 1. The number of benzene rings is 2. The number of terminal acetylenes is 1. The smallest absolute Gasteiger partial charge is 0.238 e. The van der Waals surface area contributed by atoms with Crippen molar-refractivity contribution in [3.05, 3.63) is 42.5 Å². The van der Waals surface area contributed by atoms with Crippen molar-refractivity contribution in [1.82, 2.24) is 5.32 Å². The van der Waals surface area contributed by atoms with Crippen molar-refractivity contribution in [3.63, 3.8) is 0 Å². The molecule has 2 rings (SSSR count). The van der Waals surface area contributed by atoms with Crippen molar-refractivity contribution in [2.45, 2.75) is 0 Å². The number of amides is 1. The van der Waals surface area contributed by atoms with Crippen molar-refractivity contribution in [2.24, 2.45) is 0 Å². The summed E-state index contributed by atoms with van der Waals surface area (Å²) in [6, 6.07) is 13.8. The average molecular weight is 238 g/mol. The largest absolute Gasteiger partial charge is 0.325 e. The van der Waals surface area contributed by atoms with Gasteiger partial charge in [0.15, 0.2) is 0 Å². The van der Waals surface area contributed by atoms with Crippen LogP contribution >= 0.6 is 0 Å². The number of rotatable bonds is 4. The quantitative estimate of drug-likeness (QED) is 0.632. The van der Waals surface area contributed by atoms with Crippen LogP contribution in [0.5, 0.6) is 0 Å². The molecular formula is C15H14N2O. The Kier molecular flexibility index (Phi) is 3.95. The topological polar surface area (TPSA) is 41.1 Å². The van der Waals surface area contributed by atoms with Crippen LogP contribution in [-0.4, -0.2) is 19.0 Å². The van der Waals surface area contributed by atoms with E-state index in [-0.39, 0.29) is 12.5 Å². The molecule has 0 aliphatic rings. The minimum atomic E-state index is -0.0967. The molecule has 0 spiro atoms. The molecule has 18 heavy (non-hydrogen) atoms. The molecule has 0 radical (unpaired) electrons. The maximum absolute atomic E-state index is 11.6. The second-order valence-electron chi connectivity index (χ2n) is 3.92. The van der Waals surface area contributed by atoms with E-state index in [1.807, 2.05) is 42.5 Å². The summed E-state index contributed by atoms with van der Waals surface area (Å²) >= 11 is 0. The third-order valence-electron chi connectivity index (χ3n) is 2.55.